The monoisotopic (exact) mass is 411 g/mol. The molecule has 0 saturated carbocycles. The Morgan fingerprint density at radius 3 is 2.53 bits per heavy atom. The minimum Gasteiger partial charge on any atom is -0.497 e. The second-order valence-corrected chi connectivity index (χ2v) is 7.75. The summed E-state index contributed by atoms with van der Waals surface area (Å²) in [5, 5.41) is 0. The van der Waals surface area contributed by atoms with Crippen LogP contribution in [0.3, 0.4) is 0 Å². The number of ether oxygens (including phenoxy) is 4. The molecule has 2 aromatic rings. The third-order valence-electron chi connectivity index (χ3n) is 5.67. The SMILES string of the molecule is COc1ccc(OCC(=O)N2CCOC(COc3ccc4c(c3)CCCC4)C2)cc1. The predicted octanol–water partition coefficient (Wildman–Crippen LogP) is 3.26. The Morgan fingerprint density at radius 1 is 1.00 bits per heavy atom. The number of amides is 1. The van der Waals surface area contributed by atoms with Crippen molar-refractivity contribution in [3.8, 4) is 17.2 Å². The van der Waals surface area contributed by atoms with E-state index in [-0.39, 0.29) is 18.6 Å². The Balaban J connectivity index is 1.24. The van der Waals surface area contributed by atoms with Gasteiger partial charge in [0, 0.05) is 6.54 Å². The first-order valence-corrected chi connectivity index (χ1v) is 10.6. The highest BCUT2D eigenvalue weighted by molar-refractivity contribution is 5.77. The van der Waals surface area contributed by atoms with Crippen molar-refractivity contribution in [2.75, 3.05) is 40.0 Å². The number of hydrogen-bond donors (Lipinski definition) is 0. The molecule has 2 aromatic carbocycles. The van der Waals surface area contributed by atoms with Gasteiger partial charge in [0.15, 0.2) is 6.61 Å². The van der Waals surface area contributed by atoms with Gasteiger partial charge in [0.05, 0.1) is 20.3 Å². The van der Waals surface area contributed by atoms with Crippen LogP contribution in [0, 0.1) is 0 Å². The van der Waals surface area contributed by atoms with Gasteiger partial charge >= 0.3 is 0 Å². The van der Waals surface area contributed by atoms with Crippen molar-refractivity contribution in [1.29, 1.82) is 0 Å². The molecule has 1 aliphatic heterocycles. The first kappa shape index (κ1) is 20.5. The van der Waals surface area contributed by atoms with Crippen molar-refractivity contribution >= 4 is 5.91 Å². The molecule has 1 amide bonds. The molecule has 0 aromatic heterocycles. The van der Waals surface area contributed by atoms with Crippen molar-refractivity contribution in [2.45, 2.75) is 31.8 Å². The van der Waals surface area contributed by atoms with E-state index in [0.717, 1.165) is 24.3 Å². The standard InChI is InChI=1S/C24H29NO5/c1-27-20-8-10-21(11-9-20)30-17-24(26)25-12-13-28-23(15-25)16-29-22-7-6-18-4-2-3-5-19(18)14-22/h6-11,14,23H,2-5,12-13,15-17H2,1H3. The van der Waals surface area contributed by atoms with Crippen LogP contribution in [0.4, 0.5) is 0 Å². The van der Waals surface area contributed by atoms with Crippen LogP contribution in [0.5, 0.6) is 17.2 Å². The number of methoxy groups -OCH3 is 1. The first-order valence-electron chi connectivity index (χ1n) is 10.6. The molecule has 1 fully saturated rings. The molecule has 1 aliphatic carbocycles. The Morgan fingerprint density at radius 2 is 1.73 bits per heavy atom. The van der Waals surface area contributed by atoms with Crippen molar-refractivity contribution in [1.82, 2.24) is 4.90 Å². The summed E-state index contributed by atoms with van der Waals surface area (Å²) in [5.41, 5.74) is 2.84. The van der Waals surface area contributed by atoms with Crippen LogP contribution < -0.4 is 14.2 Å². The van der Waals surface area contributed by atoms with Gasteiger partial charge in [-0.15, -0.1) is 0 Å². The third kappa shape index (κ3) is 5.25. The number of rotatable bonds is 7. The molecule has 1 saturated heterocycles. The lowest BCUT2D eigenvalue weighted by atomic mass is 9.92. The lowest BCUT2D eigenvalue weighted by molar-refractivity contribution is -0.142. The summed E-state index contributed by atoms with van der Waals surface area (Å²) in [6, 6.07) is 13.6. The van der Waals surface area contributed by atoms with E-state index >= 15 is 0 Å². The molecule has 1 unspecified atom stereocenters. The van der Waals surface area contributed by atoms with Crippen molar-refractivity contribution in [3.05, 3.63) is 53.6 Å². The lowest BCUT2D eigenvalue weighted by Crippen LogP contribution is -2.49. The highest BCUT2D eigenvalue weighted by Gasteiger charge is 2.25. The molecule has 2 aliphatic rings. The minimum atomic E-state index is -0.139. The van der Waals surface area contributed by atoms with E-state index in [1.807, 2.05) is 18.2 Å². The molecule has 1 atom stereocenters. The van der Waals surface area contributed by atoms with Crippen LogP contribution in [0.1, 0.15) is 24.0 Å². The molecule has 4 rings (SSSR count). The number of fused-ring (bicyclic) bond motifs is 1. The molecule has 6 heteroatoms. The second-order valence-electron chi connectivity index (χ2n) is 7.75. The van der Waals surface area contributed by atoms with Gasteiger partial charge in [-0.05, 0) is 73.2 Å². The number of benzene rings is 2. The van der Waals surface area contributed by atoms with Gasteiger partial charge in [-0.1, -0.05) is 6.07 Å². The quantitative estimate of drug-likeness (QED) is 0.700. The molecule has 160 valence electrons. The molecule has 6 nitrogen and oxygen atoms in total. The zero-order valence-corrected chi connectivity index (χ0v) is 17.5. The van der Waals surface area contributed by atoms with Crippen LogP contribution >= 0.6 is 0 Å². The second kappa shape index (κ2) is 9.85. The number of morpholine rings is 1. The maximum atomic E-state index is 12.6. The van der Waals surface area contributed by atoms with Crippen LogP contribution in [-0.4, -0.2) is 56.9 Å². The highest BCUT2D eigenvalue weighted by Crippen LogP contribution is 2.25. The number of hydrogen-bond acceptors (Lipinski definition) is 5. The molecule has 30 heavy (non-hydrogen) atoms. The maximum absolute atomic E-state index is 12.6. The minimum absolute atomic E-state index is 0.00469. The van der Waals surface area contributed by atoms with Crippen LogP contribution in [0.15, 0.2) is 42.5 Å². The Labute approximate surface area is 177 Å². The summed E-state index contributed by atoms with van der Waals surface area (Å²) in [7, 11) is 1.61. The molecular formula is C24H29NO5. The van der Waals surface area contributed by atoms with E-state index in [4.69, 9.17) is 18.9 Å². The van der Waals surface area contributed by atoms with Crippen molar-refractivity contribution < 1.29 is 23.7 Å². The summed E-state index contributed by atoms with van der Waals surface area (Å²) in [5.74, 6) is 2.23. The normalized spacial score (nSPS) is 18.4. The predicted molar refractivity (Wildman–Crippen MR) is 113 cm³/mol. The van der Waals surface area contributed by atoms with Crippen molar-refractivity contribution in [2.24, 2.45) is 0 Å². The highest BCUT2D eigenvalue weighted by atomic mass is 16.5. The third-order valence-corrected chi connectivity index (χ3v) is 5.67. The summed E-state index contributed by atoms with van der Waals surface area (Å²) < 4.78 is 22.5. The van der Waals surface area contributed by atoms with E-state index in [1.165, 1.54) is 24.0 Å². The zero-order chi connectivity index (χ0) is 20.8. The zero-order valence-electron chi connectivity index (χ0n) is 17.5. The average Bonchev–Trinajstić information content (AvgIpc) is 2.81. The van der Waals surface area contributed by atoms with E-state index < -0.39 is 0 Å². The van der Waals surface area contributed by atoms with Gasteiger partial charge in [0.25, 0.3) is 5.91 Å². The summed E-state index contributed by atoms with van der Waals surface area (Å²) >= 11 is 0. The van der Waals surface area contributed by atoms with E-state index in [1.54, 1.807) is 24.1 Å². The van der Waals surface area contributed by atoms with Gasteiger partial charge in [-0.2, -0.15) is 0 Å². The smallest absolute Gasteiger partial charge is 0.260 e. The van der Waals surface area contributed by atoms with Gasteiger partial charge in [-0.25, -0.2) is 0 Å². The molecule has 0 spiro atoms. The summed E-state index contributed by atoms with van der Waals surface area (Å²) in [4.78, 5) is 14.3. The number of aryl methyl sites for hydroxylation is 2. The number of nitrogens with zero attached hydrogens (tertiary/aromatic N) is 1. The number of carbonyl (C=O) groups excluding carboxylic acids is 1. The van der Waals surface area contributed by atoms with Gasteiger partial charge < -0.3 is 23.8 Å². The molecule has 0 bridgehead atoms. The van der Waals surface area contributed by atoms with Gasteiger partial charge in [-0.3, -0.25) is 4.79 Å². The molecule has 1 heterocycles. The number of carbonyl (C=O) groups is 1. The summed E-state index contributed by atoms with van der Waals surface area (Å²) in [6.07, 6.45) is 4.67. The van der Waals surface area contributed by atoms with Crippen LogP contribution in [-0.2, 0) is 22.4 Å². The summed E-state index contributed by atoms with van der Waals surface area (Å²) in [6.45, 7) is 2.02. The Kier molecular flexibility index (Phi) is 6.74. The largest absolute Gasteiger partial charge is 0.497 e. The molecular weight excluding hydrogens is 382 g/mol. The Hall–Kier alpha value is -2.73. The van der Waals surface area contributed by atoms with Crippen LogP contribution in [0.25, 0.3) is 0 Å². The van der Waals surface area contributed by atoms with E-state index in [2.05, 4.69) is 12.1 Å². The van der Waals surface area contributed by atoms with Gasteiger partial charge in [0.1, 0.15) is 30.0 Å². The topological polar surface area (TPSA) is 57.2 Å². The first-order chi connectivity index (χ1) is 14.7. The van der Waals surface area contributed by atoms with E-state index in [9.17, 15) is 4.79 Å². The lowest BCUT2D eigenvalue weighted by Gasteiger charge is -2.32. The van der Waals surface area contributed by atoms with Crippen molar-refractivity contribution in [3.63, 3.8) is 0 Å². The fourth-order valence-corrected chi connectivity index (χ4v) is 3.94. The van der Waals surface area contributed by atoms with E-state index in [0.29, 0.717) is 32.1 Å². The molecule has 0 N–H and O–H groups in total. The maximum Gasteiger partial charge on any atom is 0.260 e. The fourth-order valence-electron chi connectivity index (χ4n) is 3.94. The fraction of sp³-hybridized carbons (Fsp3) is 0.458. The molecule has 0 radical (unpaired) electrons. The van der Waals surface area contributed by atoms with Crippen LogP contribution in [0.2, 0.25) is 0 Å². The Bertz CT molecular complexity index is 851. The average molecular weight is 411 g/mol. The van der Waals surface area contributed by atoms with Gasteiger partial charge in [0.2, 0.25) is 0 Å².